The quantitative estimate of drug-likeness (QED) is 0.752. The van der Waals surface area contributed by atoms with Crippen molar-refractivity contribution in [3.8, 4) is 0 Å². The molecule has 112 valence electrons. The monoisotopic (exact) mass is 328 g/mol. The van der Waals surface area contributed by atoms with Crippen molar-refractivity contribution in [3.05, 3.63) is 51.3 Å². The number of rotatable bonds is 5. The van der Waals surface area contributed by atoms with E-state index in [1.54, 1.807) is 18.2 Å². The van der Waals surface area contributed by atoms with Crippen LogP contribution in [0.2, 0.25) is 0 Å². The highest BCUT2D eigenvalue weighted by Crippen LogP contribution is 2.20. The number of sulfonamides is 1. The van der Waals surface area contributed by atoms with Crippen molar-refractivity contribution < 1.29 is 18.3 Å². The van der Waals surface area contributed by atoms with Gasteiger partial charge in [-0.3, -0.25) is 9.59 Å². The Morgan fingerprint density at radius 2 is 1.95 bits per heavy atom. The molecule has 0 saturated carbocycles. The average molecular weight is 328 g/mol. The number of aliphatic carboxylic acids is 1. The average Bonchev–Trinajstić information content (AvgIpc) is 2.77. The molecule has 2 aromatic rings. The molecule has 21 heavy (non-hydrogen) atoms. The number of benzene rings is 1. The van der Waals surface area contributed by atoms with E-state index in [9.17, 15) is 23.1 Å². The summed E-state index contributed by atoms with van der Waals surface area (Å²) in [7, 11) is -4.11. The van der Waals surface area contributed by atoms with Crippen LogP contribution in [0.5, 0.6) is 0 Å². The van der Waals surface area contributed by atoms with Crippen LogP contribution in [-0.2, 0) is 14.8 Å². The Bertz CT molecular complexity index is 808. The van der Waals surface area contributed by atoms with Gasteiger partial charge in [-0.15, -0.1) is 0 Å². The van der Waals surface area contributed by atoms with E-state index in [1.165, 1.54) is 19.1 Å². The molecule has 1 aromatic heterocycles. The molecule has 0 unspecified atom stereocenters. The van der Waals surface area contributed by atoms with Crippen LogP contribution in [0.25, 0.3) is 0 Å². The smallest absolute Gasteiger partial charge is 0.326 e. The molecule has 0 aliphatic carbocycles. The number of carbonyl (C=O) groups is 1. The third-order valence-electron chi connectivity index (χ3n) is 2.68. The fourth-order valence-electron chi connectivity index (χ4n) is 1.76. The zero-order valence-electron chi connectivity index (χ0n) is 10.9. The summed E-state index contributed by atoms with van der Waals surface area (Å²) in [6, 6.07) is 6.51. The summed E-state index contributed by atoms with van der Waals surface area (Å²) >= 11 is 0.516. The van der Waals surface area contributed by atoms with E-state index in [0.717, 1.165) is 0 Å². The molecule has 0 amide bonds. The summed E-state index contributed by atoms with van der Waals surface area (Å²) in [6.45, 7) is 1.44. The van der Waals surface area contributed by atoms with Gasteiger partial charge in [0.05, 0.1) is 0 Å². The van der Waals surface area contributed by atoms with Crippen molar-refractivity contribution >= 4 is 27.3 Å². The Labute approximate surface area is 124 Å². The lowest BCUT2D eigenvalue weighted by atomic mass is 10.1. The molecule has 9 heteroatoms. The minimum Gasteiger partial charge on any atom is -0.480 e. The first-order chi connectivity index (χ1) is 9.81. The van der Waals surface area contributed by atoms with Gasteiger partial charge < -0.3 is 10.1 Å². The molecule has 0 aliphatic rings. The predicted octanol–water partition coefficient (Wildman–Crippen LogP) is 0.849. The molecule has 0 saturated heterocycles. The van der Waals surface area contributed by atoms with Crippen molar-refractivity contribution in [3.63, 3.8) is 0 Å². The van der Waals surface area contributed by atoms with E-state index >= 15 is 0 Å². The maximum atomic E-state index is 12.2. The van der Waals surface area contributed by atoms with Crippen molar-refractivity contribution in [1.29, 1.82) is 0 Å². The Morgan fingerprint density at radius 1 is 1.33 bits per heavy atom. The van der Waals surface area contributed by atoms with E-state index in [1.807, 2.05) is 0 Å². The summed E-state index contributed by atoms with van der Waals surface area (Å²) in [5.41, 5.74) is 0.476. The largest absolute Gasteiger partial charge is 0.480 e. The highest BCUT2D eigenvalue weighted by atomic mass is 32.2. The molecule has 7 nitrogen and oxygen atoms in total. The van der Waals surface area contributed by atoms with Crippen molar-refractivity contribution in [1.82, 2.24) is 9.71 Å². The number of nitrogens with one attached hydrogen (secondary N) is 2. The summed E-state index contributed by atoms with van der Waals surface area (Å²) in [4.78, 5) is 24.3. The fourth-order valence-corrected chi connectivity index (χ4v) is 4.26. The van der Waals surface area contributed by atoms with Gasteiger partial charge >= 0.3 is 10.8 Å². The number of aromatic nitrogens is 1. The predicted molar refractivity (Wildman–Crippen MR) is 76.8 cm³/mol. The van der Waals surface area contributed by atoms with Crippen LogP contribution >= 0.6 is 11.3 Å². The third kappa shape index (κ3) is 3.38. The molecule has 3 N–H and O–H groups in total. The van der Waals surface area contributed by atoms with Crippen LogP contribution < -0.4 is 9.60 Å². The standard InChI is InChI=1S/C12H12N2O5S2/c1-7-11(20-12(17)13-7)21(18,19)14-9(10(15)16)8-5-3-2-4-6-8/h2-6,9,14H,1H3,(H,13,17)(H,15,16)/t9-/m0/s1. The van der Waals surface area contributed by atoms with Crippen LogP contribution in [-0.4, -0.2) is 24.5 Å². The van der Waals surface area contributed by atoms with E-state index < -0.39 is 26.9 Å². The summed E-state index contributed by atoms with van der Waals surface area (Å²) in [5.74, 6) is -1.33. The zero-order valence-corrected chi connectivity index (χ0v) is 12.5. The molecule has 0 bridgehead atoms. The van der Waals surface area contributed by atoms with Crippen molar-refractivity contribution in [2.45, 2.75) is 17.2 Å². The number of aryl methyl sites for hydroxylation is 1. The topological polar surface area (TPSA) is 116 Å². The molecular formula is C12H12N2O5S2. The minimum atomic E-state index is -4.11. The van der Waals surface area contributed by atoms with Gasteiger partial charge in [-0.05, 0) is 12.5 Å². The van der Waals surface area contributed by atoms with E-state index in [0.29, 0.717) is 16.9 Å². The summed E-state index contributed by atoms with van der Waals surface area (Å²) < 4.78 is 26.4. The zero-order chi connectivity index (χ0) is 15.6. The van der Waals surface area contributed by atoms with Gasteiger partial charge in [0.15, 0.2) is 4.21 Å². The van der Waals surface area contributed by atoms with Crippen LogP contribution in [0, 0.1) is 6.92 Å². The highest BCUT2D eigenvalue weighted by molar-refractivity contribution is 7.91. The molecule has 0 spiro atoms. The Hall–Kier alpha value is -1.97. The molecule has 1 heterocycles. The summed E-state index contributed by atoms with van der Waals surface area (Å²) in [6.07, 6.45) is 0. The Kier molecular flexibility index (Phi) is 4.26. The number of aromatic amines is 1. The number of H-pyrrole nitrogens is 1. The van der Waals surface area contributed by atoms with Gasteiger partial charge in [-0.25, -0.2) is 8.42 Å². The SMILES string of the molecule is Cc1[nH]c(=O)sc1S(=O)(=O)N[C@H](C(=O)O)c1ccccc1. The second-order valence-electron chi connectivity index (χ2n) is 4.23. The van der Waals surface area contributed by atoms with Gasteiger partial charge in [0, 0.05) is 5.69 Å². The molecule has 1 atom stereocenters. The molecule has 1 aromatic carbocycles. The highest BCUT2D eigenvalue weighted by Gasteiger charge is 2.29. The van der Waals surface area contributed by atoms with Gasteiger partial charge in [0.25, 0.3) is 10.0 Å². The first kappa shape index (κ1) is 15.4. The van der Waals surface area contributed by atoms with Crippen molar-refractivity contribution in [2.75, 3.05) is 0 Å². The number of hydrogen-bond donors (Lipinski definition) is 3. The first-order valence-corrected chi connectivity index (χ1v) is 8.11. The number of carboxylic acids is 1. The van der Waals surface area contributed by atoms with Crippen LogP contribution in [0.3, 0.4) is 0 Å². The van der Waals surface area contributed by atoms with E-state index in [-0.39, 0.29) is 9.90 Å². The Morgan fingerprint density at radius 3 is 2.43 bits per heavy atom. The van der Waals surface area contributed by atoms with Crippen LogP contribution in [0.4, 0.5) is 0 Å². The lowest BCUT2D eigenvalue weighted by Gasteiger charge is -2.14. The number of hydrogen-bond acceptors (Lipinski definition) is 5. The second kappa shape index (κ2) is 5.80. The maximum Gasteiger partial charge on any atom is 0.326 e. The third-order valence-corrected chi connectivity index (χ3v) is 5.71. The fraction of sp³-hybridized carbons (Fsp3) is 0.167. The molecule has 2 rings (SSSR count). The molecule has 0 fully saturated rings. The normalized spacial score (nSPS) is 13.0. The Balaban J connectivity index is 2.40. The van der Waals surface area contributed by atoms with E-state index in [4.69, 9.17) is 0 Å². The first-order valence-electron chi connectivity index (χ1n) is 5.81. The van der Waals surface area contributed by atoms with E-state index in [2.05, 4.69) is 9.71 Å². The minimum absolute atomic E-state index is 0.176. The van der Waals surface area contributed by atoms with Gasteiger partial charge in [0.1, 0.15) is 6.04 Å². The molecule has 0 radical (unpaired) electrons. The molecule has 0 aliphatic heterocycles. The van der Waals surface area contributed by atoms with Gasteiger partial charge in [-0.2, -0.15) is 4.72 Å². The van der Waals surface area contributed by atoms with Crippen molar-refractivity contribution in [2.24, 2.45) is 0 Å². The van der Waals surface area contributed by atoms with Gasteiger partial charge in [-0.1, -0.05) is 41.7 Å². The van der Waals surface area contributed by atoms with Gasteiger partial charge in [0.2, 0.25) is 0 Å². The van der Waals surface area contributed by atoms with Crippen LogP contribution in [0.1, 0.15) is 17.3 Å². The maximum absolute atomic E-state index is 12.2. The summed E-state index contributed by atoms with van der Waals surface area (Å²) in [5, 5.41) is 9.22. The van der Waals surface area contributed by atoms with Crippen LogP contribution in [0.15, 0.2) is 39.3 Å². The second-order valence-corrected chi connectivity index (χ2v) is 7.12. The lowest BCUT2D eigenvalue weighted by Crippen LogP contribution is -2.33. The number of thiazole rings is 1. The number of carboxylic acid groups (broad SMARTS) is 1. The lowest BCUT2D eigenvalue weighted by molar-refractivity contribution is -0.139. The molecular weight excluding hydrogens is 316 g/mol.